The minimum Gasteiger partial charge on any atom is -0.548 e. The van der Waals surface area contributed by atoms with Crippen LogP contribution in [0.5, 0.6) is 0 Å². The predicted molar refractivity (Wildman–Crippen MR) is 96.5 cm³/mol. The molecule has 1 aromatic carbocycles. The molecule has 0 radical (unpaired) electrons. The number of benzene rings is 1. The maximum atomic E-state index is 12.8. The quantitative estimate of drug-likeness (QED) is 0.786. The van der Waals surface area contributed by atoms with Gasteiger partial charge in [0.25, 0.3) is 0 Å². The SMILES string of the molecule is CSCC[C@H](NC(=O)N1c2ccccc2NC(=O)[C@@H]1C(C)C)C(=O)[O-]. The van der Waals surface area contributed by atoms with Gasteiger partial charge in [-0.3, -0.25) is 9.69 Å². The zero-order chi connectivity index (χ0) is 18.6. The first-order chi connectivity index (χ1) is 11.9. The fourth-order valence-electron chi connectivity index (χ4n) is 2.80. The van der Waals surface area contributed by atoms with Crippen molar-refractivity contribution in [2.45, 2.75) is 32.4 Å². The third-order valence-corrected chi connectivity index (χ3v) is 4.66. The van der Waals surface area contributed by atoms with Crippen LogP contribution in [-0.2, 0) is 9.59 Å². The largest absolute Gasteiger partial charge is 0.548 e. The molecule has 2 N–H and O–H groups in total. The summed E-state index contributed by atoms with van der Waals surface area (Å²) < 4.78 is 0. The van der Waals surface area contributed by atoms with E-state index >= 15 is 0 Å². The number of hydrogen-bond acceptors (Lipinski definition) is 5. The lowest BCUT2D eigenvalue weighted by Gasteiger charge is -2.39. The standard InChI is InChI=1S/C17H23N3O4S/c1-10(2)14-15(21)18-11-6-4-5-7-13(11)20(14)17(24)19-12(16(22)23)8-9-25-3/h4-7,10,12,14H,8-9H2,1-3H3,(H,18,21)(H,19,24)(H,22,23)/p-1/t12-,14-/m0/s1. The molecule has 25 heavy (non-hydrogen) atoms. The number of anilines is 2. The molecule has 0 saturated carbocycles. The van der Waals surface area contributed by atoms with Crippen LogP contribution in [0.15, 0.2) is 24.3 Å². The van der Waals surface area contributed by atoms with Gasteiger partial charge in [0.15, 0.2) is 0 Å². The van der Waals surface area contributed by atoms with Gasteiger partial charge < -0.3 is 20.5 Å². The summed E-state index contributed by atoms with van der Waals surface area (Å²) in [4.78, 5) is 37.9. The molecule has 1 aliphatic heterocycles. The molecule has 0 spiro atoms. The molecule has 136 valence electrons. The number of nitrogens with zero attached hydrogens (tertiary/aromatic N) is 1. The Labute approximate surface area is 151 Å². The molecule has 0 unspecified atom stereocenters. The molecule has 1 heterocycles. The maximum Gasteiger partial charge on any atom is 0.323 e. The molecule has 8 heteroatoms. The maximum absolute atomic E-state index is 12.8. The number of amides is 3. The predicted octanol–water partition coefficient (Wildman–Crippen LogP) is 1.05. The third-order valence-electron chi connectivity index (χ3n) is 4.01. The van der Waals surface area contributed by atoms with Crippen molar-refractivity contribution >= 4 is 41.0 Å². The first-order valence-electron chi connectivity index (χ1n) is 8.06. The van der Waals surface area contributed by atoms with Crippen molar-refractivity contribution in [1.82, 2.24) is 5.32 Å². The number of urea groups is 1. The number of nitrogens with one attached hydrogen (secondary N) is 2. The van der Waals surface area contributed by atoms with Crippen LogP contribution in [0.2, 0.25) is 0 Å². The molecule has 1 aromatic rings. The van der Waals surface area contributed by atoms with Gasteiger partial charge in [0, 0.05) is 0 Å². The summed E-state index contributed by atoms with van der Waals surface area (Å²) in [6.45, 7) is 3.67. The van der Waals surface area contributed by atoms with Crippen LogP contribution in [-0.4, -0.2) is 42.0 Å². The van der Waals surface area contributed by atoms with Crippen LogP contribution in [0.3, 0.4) is 0 Å². The number of fused-ring (bicyclic) bond motifs is 1. The Morgan fingerprint density at radius 2 is 2.04 bits per heavy atom. The number of para-hydroxylation sites is 2. The Bertz CT molecular complexity index is 665. The number of carboxylic acid groups (broad SMARTS) is 1. The monoisotopic (exact) mass is 364 g/mol. The highest BCUT2D eigenvalue weighted by Crippen LogP contribution is 2.34. The van der Waals surface area contributed by atoms with E-state index in [0.29, 0.717) is 17.1 Å². The van der Waals surface area contributed by atoms with E-state index < -0.39 is 24.1 Å². The number of carbonyl (C=O) groups excluding carboxylic acids is 3. The van der Waals surface area contributed by atoms with Crippen LogP contribution in [0.1, 0.15) is 20.3 Å². The van der Waals surface area contributed by atoms with Gasteiger partial charge in [0.05, 0.1) is 23.4 Å². The smallest absolute Gasteiger partial charge is 0.323 e. The second kappa shape index (κ2) is 8.24. The van der Waals surface area contributed by atoms with Crippen LogP contribution in [0.25, 0.3) is 0 Å². The van der Waals surface area contributed by atoms with Crippen molar-refractivity contribution in [2.24, 2.45) is 5.92 Å². The van der Waals surface area contributed by atoms with Crippen molar-refractivity contribution in [3.8, 4) is 0 Å². The third kappa shape index (κ3) is 4.25. The van der Waals surface area contributed by atoms with Crippen molar-refractivity contribution in [1.29, 1.82) is 0 Å². The van der Waals surface area contributed by atoms with Crippen LogP contribution >= 0.6 is 11.8 Å². The molecule has 1 aliphatic rings. The van der Waals surface area contributed by atoms with Gasteiger partial charge in [0.1, 0.15) is 6.04 Å². The first-order valence-corrected chi connectivity index (χ1v) is 9.45. The zero-order valence-electron chi connectivity index (χ0n) is 14.4. The van der Waals surface area contributed by atoms with E-state index in [1.807, 2.05) is 20.1 Å². The van der Waals surface area contributed by atoms with Gasteiger partial charge in [0.2, 0.25) is 5.91 Å². The number of aliphatic carboxylic acids is 1. The van der Waals surface area contributed by atoms with Gasteiger partial charge in [-0.2, -0.15) is 11.8 Å². The Morgan fingerprint density at radius 1 is 1.36 bits per heavy atom. The minimum absolute atomic E-state index is 0.147. The fraction of sp³-hybridized carbons (Fsp3) is 0.471. The van der Waals surface area contributed by atoms with Gasteiger partial charge >= 0.3 is 6.03 Å². The summed E-state index contributed by atoms with van der Waals surface area (Å²) >= 11 is 1.48. The van der Waals surface area contributed by atoms with Crippen molar-refractivity contribution < 1.29 is 19.5 Å². The van der Waals surface area contributed by atoms with E-state index in [1.54, 1.807) is 24.3 Å². The van der Waals surface area contributed by atoms with E-state index in [9.17, 15) is 19.5 Å². The molecule has 0 fully saturated rings. The summed E-state index contributed by atoms with van der Waals surface area (Å²) in [5.74, 6) is -1.20. The summed E-state index contributed by atoms with van der Waals surface area (Å²) in [6, 6.07) is 4.50. The molecule has 3 amide bonds. The topological polar surface area (TPSA) is 102 Å². The van der Waals surface area contributed by atoms with E-state index in [0.717, 1.165) is 0 Å². The molecule has 0 saturated heterocycles. The number of carboxylic acids is 1. The number of carbonyl (C=O) groups is 3. The number of hydrogen-bond donors (Lipinski definition) is 2. The summed E-state index contributed by atoms with van der Waals surface area (Å²) in [5.41, 5.74) is 1.06. The van der Waals surface area contributed by atoms with Gasteiger partial charge in [-0.25, -0.2) is 4.79 Å². The molecule has 0 aromatic heterocycles. The van der Waals surface area contributed by atoms with Crippen LogP contribution < -0.4 is 20.6 Å². The molecule has 0 bridgehead atoms. The van der Waals surface area contributed by atoms with Crippen molar-refractivity contribution in [3.05, 3.63) is 24.3 Å². The number of rotatable bonds is 6. The minimum atomic E-state index is -1.33. The van der Waals surface area contributed by atoms with E-state index in [1.165, 1.54) is 16.7 Å². The summed E-state index contributed by atoms with van der Waals surface area (Å²) in [6.07, 6.45) is 2.11. The normalized spacial score (nSPS) is 17.7. The molecule has 2 atom stereocenters. The average molecular weight is 364 g/mol. The van der Waals surface area contributed by atoms with Gasteiger partial charge in [-0.15, -0.1) is 0 Å². The Hall–Kier alpha value is -2.22. The van der Waals surface area contributed by atoms with Crippen LogP contribution in [0, 0.1) is 5.92 Å². The highest BCUT2D eigenvalue weighted by Gasteiger charge is 2.39. The van der Waals surface area contributed by atoms with Crippen LogP contribution in [0.4, 0.5) is 16.2 Å². The molecule has 0 aliphatic carbocycles. The van der Waals surface area contributed by atoms with E-state index in [-0.39, 0.29) is 18.2 Å². The average Bonchev–Trinajstić information content (AvgIpc) is 2.56. The summed E-state index contributed by atoms with van der Waals surface area (Å²) in [7, 11) is 0. The fourth-order valence-corrected chi connectivity index (χ4v) is 3.27. The van der Waals surface area contributed by atoms with Gasteiger partial charge in [-0.1, -0.05) is 26.0 Å². The molecular weight excluding hydrogens is 342 g/mol. The van der Waals surface area contributed by atoms with Gasteiger partial charge in [-0.05, 0) is 36.5 Å². The number of thioether (sulfide) groups is 1. The zero-order valence-corrected chi connectivity index (χ0v) is 15.3. The van der Waals surface area contributed by atoms with E-state index in [4.69, 9.17) is 0 Å². The van der Waals surface area contributed by atoms with Crippen molar-refractivity contribution in [2.75, 3.05) is 22.2 Å². The Balaban J connectivity index is 2.33. The lowest BCUT2D eigenvalue weighted by Crippen LogP contribution is -2.59. The van der Waals surface area contributed by atoms with E-state index in [2.05, 4.69) is 10.6 Å². The Kier molecular flexibility index (Phi) is 6.30. The second-order valence-electron chi connectivity index (χ2n) is 6.17. The highest BCUT2D eigenvalue weighted by atomic mass is 32.2. The first kappa shape index (κ1) is 19.1. The second-order valence-corrected chi connectivity index (χ2v) is 7.15. The lowest BCUT2D eigenvalue weighted by atomic mass is 9.98. The molecule has 2 rings (SSSR count). The molecule has 7 nitrogen and oxygen atoms in total. The highest BCUT2D eigenvalue weighted by molar-refractivity contribution is 7.98. The Morgan fingerprint density at radius 3 is 2.64 bits per heavy atom. The lowest BCUT2D eigenvalue weighted by molar-refractivity contribution is -0.308. The van der Waals surface area contributed by atoms with Crippen molar-refractivity contribution in [3.63, 3.8) is 0 Å². The summed E-state index contributed by atoms with van der Waals surface area (Å²) in [5, 5.41) is 16.6. The molecular formula is C17H22N3O4S-.